The van der Waals surface area contributed by atoms with Crippen LogP contribution in [0.1, 0.15) is 21.9 Å². The van der Waals surface area contributed by atoms with E-state index >= 15 is 0 Å². The third kappa shape index (κ3) is 2.57. The Morgan fingerprint density at radius 1 is 1.29 bits per heavy atom. The molecule has 3 rings (SSSR count). The second-order valence-electron chi connectivity index (χ2n) is 4.60. The van der Waals surface area contributed by atoms with E-state index in [2.05, 4.69) is 9.97 Å². The molecule has 0 aliphatic heterocycles. The van der Waals surface area contributed by atoms with E-state index in [-0.39, 0.29) is 5.56 Å². The number of pyridine rings is 1. The summed E-state index contributed by atoms with van der Waals surface area (Å²) in [7, 11) is 0. The summed E-state index contributed by atoms with van der Waals surface area (Å²) in [5.74, 6) is 0.677. The summed E-state index contributed by atoms with van der Waals surface area (Å²) in [6.45, 7) is 3.78. The first-order valence-electron chi connectivity index (χ1n) is 6.27. The average Bonchev–Trinajstić information content (AvgIpc) is 3.05. The van der Waals surface area contributed by atoms with Crippen molar-refractivity contribution in [3.63, 3.8) is 0 Å². The number of carboxylic acid groups (broad SMARTS) is 1. The maximum absolute atomic E-state index is 11.0. The van der Waals surface area contributed by atoms with Gasteiger partial charge in [0, 0.05) is 17.1 Å². The molecule has 0 saturated carbocycles. The van der Waals surface area contributed by atoms with E-state index < -0.39 is 5.97 Å². The number of aromatic carboxylic acids is 1. The average molecular weight is 300 g/mol. The maximum Gasteiger partial charge on any atom is 0.335 e. The van der Waals surface area contributed by atoms with E-state index in [0.717, 1.165) is 22.8 Å². The van der Waals surface area contributed by atoms with E-state index in [1.54, 1.807) is 0 Å². The van der Waals surface area contributed by atoms with Crippen molar-refractivity contribution >= 4 is 17.3 Å². The summed E-state index contributed by atoms with van der Waals surface area (Å²) in [5.41, 5.74) is 2.52. The van der Waals surface area contributed by atoms with Crippen LogP contribution in [0.3, 0.4) is 0 Å². The summed E-state index contributed by atoms with van der Waals surface area (Å²) in [5, 5.41) is 11.6. The van der Waals surface area contributed by atoms with Crippen molar-refractivity contribution in [3.05, 3.63) is 46.9 Å². The second-order valence-corrected chi connectivity index (χ2v) is 5.46. The highest BCUT2D eigenvalue weighted by atomic mass is 32.1. The molecule has 0 unspecified atom stereocenters. The molecule has 0 radical (unpaired) electrons. The van der Waals surface area contributed by atoms with Gasteiger partial charge in [-0.05, 0) is 32.0 Å². The number of rotatable bonds is 3. The first-order chi connectivity index (χ1) is 10.0. The molecule has 3 heterocycles. The highest BCUT2D eigenvalue weighted by Gasteiger charge is 2.13. The van der Waals surface area contributed by atoms with Crippen LogP contribution in [0.15, 0.2) is 34.2 Å². The molecule has 0 fully saturated rings. The fourth-order valence-corrected chi connectivity index (χ4v) is 2.87. The number of aryl methyl sites for hydroxylation is 2. The fraction of sp³-hybridized carbons (Fsp3) is 0.133. The molecule has 6 heteroatoms. The van der Waals surface area contributed by atoms with E-state index in [1.807, 2.05) is 25.3 Å². The zero-order valence-electron chi connectivity index (χ0n) is 11.5. The number of carboxylic acids is 1. The van der Waals surface area contributed by atoms with Gasteiger partial charge in [0.1, 0.15) is 16.5 Å². The topological polar surface area (TPSA) is 76.2 Å². The molecule has 0 saturated heterocycles. The van der Waals surface area contributed by atoms with E-state index in [1.165, 1.54) is 29.7 Å². The number of furan rings is 1. The fourth-order valence-electron chi connectivity index (χ4n) is 2.08. The Kier molecular flexibility index (Phi) is 3.31. The molecule has 3 aromatic heterocycles. The summed E-state index contributed by atoms with van der Waals surface area (Å²) in [6.07, 6.45) is 1.48. The van der Waals surface area contributed by atoms with Crippen molar-refractivity contribution in [1.29, 1.82) is 0 Å². The Labute approximate surface area is 124 Å². The van der Waals surface area contributed by atoms with Gasteiger partial charge in [0.15, 0.2) is 0 Å². The molecule has 1 N–H and O–H groups in total. The number of hydrogen-bond donors (Lipinski definition) is 1. The van der Waals surface area contributed by atoms with Crippen LogP contribution in [0.2, 0.25) is 0 Å². The van der Waals surface area contributed by atoms with Crippen LogP contribution in [0.5, 0.6) is 0 Å². The molecule has 0 aromatic carbocycles. The summed E-state index contributed by atoms with van der Waals surface area (Å²) < 4.78 is 5.51. The van der Waals surface area contributed by atoms with Crippen LogP contribution >= 0.6 is 11.3 Å². The molecule has 5 nitrogen and oxygen atoms in total. The van der Waals surface area contributed by atoms with Crippen molar-refractivity contribution < 1.29 is 14.3 Å². The van der Waals surface area contributed by atoms with Gasteiger partial charge in [-0.25, -0.2) is 9.78 Å². The molecular formula is C15H12N2O3S. The van der Waals surface area contributed by atoms with Gasteiger partial charge in [-0.15, -0.1) is 11.3 Å². The maximum atomic E-state index is 11.0. The standard InChI is InChI=1S/C15H12N2O3S/c1-8-5-11(9(2)20-8)13-7-21-14(17-13)12-6-10(15(18)19)3-4-16-12/h3-7H,1-2H3,(H,18,19). The number of nitrogens with zero attached hydrogens (tertiary/aromatic N) is 2. The van der Waals surface area contributed by atoms with Gasteiger partial charge in [-0.3, -0.25) is 4.98 Å². The van der Waals surface area contributed by atoms with Gasteiger partial charge >= 0.3 is 5.97 Å². The van der Waals surface area contributed by atoms with Crippen LogP contribution in [0.25, 0.3) is 22.0 Å². The highest BCUT2D eigenvalue weighted by Crippen LogP contribution is 2.31. The van der Waals surface area contributed by atoms with Crippen molar-refractivity contribution in [3.8, 4) is 22.0 Å². The lowest BCUT2D eigenvalue weighted by Crippen LogP contribution is -1.97. The third-order valence-corrected chi connectivity index (χ3v) is 3.91. The molecule has 0 aliphatic rings. The monoisotopic (exact) mass is 300 g/mol. The lowest BCUT2D eigenvalue weighted by atomic mass is 10.2. The van der Waals surface area contributed by atoms with Crippen LogP contribution in [0.4, 0.5) is 0 Å². The van der Waals surface area contributed by atoms with Crippen molar-refractivity contribution in [2.45, 2.75) is 13.8 Å². The van der Waals surface area contributed by atoms with Gasteiger partial charge in [0.25, 0.3) is 0 Å². The minimum atomic E-state index is -0.975. The lowest BCUT2D eigenvalue weighted by Gasteiger charge is -1.97. The Hall–Kier alpha value is -2.47. The summed E-state index contributed by atoms with van der Waals surface area (Å²) in [6, 6.07) is 4.93. The van der Waals surface area contributed by atoms with Gasteiger partial charge < -0.3 is 9.52 Å². The van der Waals surface area contributed by atoms with Crippen LogP contribution in [-0.4, -0.2) is 21.0 Å². The molecular weight excluding hydrogens is 288 g/mol. The third-order valence-electron chi connectivity index (χ3n) is 3.05. The lowest BCUT2D eigenvalue weighted by molar-refractivity contribution is 0.0697. The SMILES string of the molecule is Cc1cc(-c2csc(-c3cc(C(=O)O)ccn3)n2)c(C)o1. The van der Waals surface area contributed by atoms with Crippen molar-refractivity contribution in [1.82, 2.24) is 9.97 Å². The summed E-state index contributed by atoms with van der Waals surface area (Å²) in [4.78, 5) is 19.7. The number of carbonyl (C=O) groups is 1. The van der Waals surface area contributed by atoms with E-state index in [9.17, 15) is 4.79 Å². The quantitative estimate of drug-likeness (QED) is 0.796. The van der Waals surface area contributed by atoms with Gasteiger partial charge in [0.2, 0.25) is 0 Å². The minimum Gasteiger partial charge on any atom is -0.478 e. The molecule has 0 bridgehead atoms. The highest BCUT2D eigenvalue weighted by molar-refractivity contribution is 7.13. The van der Waals surface area contributed by atoms with Crippen molar-refractivity contribution in [2.75, 3.05) is 0 Å². The Bertz CT molecular complexity index is 820. The van der Waals surface area contributed by atoms with Gasteiger partial charge in [-0.1, -0.05) is 0 Å². The first kappa shape index (κ1) is 13.5. The molecule has 0 atom stereocenters. The molecule has 106 valence electrons. The number of hydrogen-bond acceptors (Lipinski definition) is 5. The Balaban J connectivity index is 2.00. The minimum absolute atomic E-state index is 0.201. The molecule has 3 aromatic rings. The molecule has 0 aliphatic carbocycles. The zero-order chi connectivity index (χ0) is 15.0. The van der Waals surface area contributed by atoms with E-state index in [4.69, 9.17) is 9.52 Å². The van der Waals surface area contributed by atoms with Gasteiger partial charge in [-0.2, -0.15) is 0 Å². The van der Waals surface area contributed by atoms with Gasteiger partial charge in [0.05, 0.1) is 17.0 Å². The molecule has 0 spiro atoms. The normalized spacial score (nSPS) is 10.8. The van der Waals surface area contributed by atoms with Crippen molar-refractivity contribution in [2.24, 2.45) is 0 Å². The number of thiazole rings is 1. The smallest absolute Gasteiger partial charge is 0.335 e. The van der Waals surface area contributed by atoms with Crippen LogP contribution in [0, 0.1) is 13.8 Å². The zero-order valence-corrected chi connectivity index (χ0v) is 12.3. The predicted octanol–water partition coefficient (Wildman–Crippen LogP) is 3.78. The number of aromatic nitrogens is 2. The molecule has 0 amide bonds. The largest absolute Gasteiger partial charge is 0.478 e. The van der Waals surface area contributed by atoms with E-state index in [0.29, 0.717) is 10.7 Å². The Morgan fingerprint density at radius 2 is 2.10 bits per heavy atom. The molecule has 21 heavy (non-hydrogen) atoms. The Morgan fingerprint density at radius 3 is 2.76 bits per heavy atom. The predicted molar refractivity (Wildman–Crippen MR) is 79.5 cm³/mol. The second kappa shape index (κ2) is 5.14. The summed E-state index contributed by atoms with van der Waals surface area (Å²) >= 11 is 1.43. The van der Waals surface area contributed by atoms with Crippen LogP contribution < -0.4 is 0 Å². The van der Waals surface area contributed by atoms with Crippen LogP contribution in [-0.2, 0) is 0 Å². The first-order valence-corrected chi connectivity index (χ1v) is 7.15.